The number of hydrogen-bond acceptors (Lipinski definition) is 3. The van der Waals surface area contributed by atoms with Gasteiger partial charge < -0.3 is 4.40 Å². The van der Waals surface area contributed by atoms with Crippen molar-refractivity contribution in [3.8, 4) is 11.3 Å². The number of imidazole rings is 1. The number of aromatic nitrogens is 3. The normalized spacial score (nSPS) is 12.7. The predicted octanol–water partition coefficient (Wildman–Crippen LogP) is 4.21. The van der Waals surface area contributed by atoms with Gasteiger partial charge in [-0.25, -0.2) is 4.98 Å². The zero-order valence-corrected chi connectivity index (χ0v) is 12.5. The lowest BCUT2D eigenvalue weighted by Gasteiger charge is -2.17. The Morgan fingerprint density at radius 2 is 2.15 bits per heavy atom. The summed E-state index contributed by atoms with van der Waals surface area (Å²) in [6, 6.07) is 8.23. The first-order chi connectivity index (χ1) is 9.83. The Morgan fingerprint density at radius 1 is 1.25 bits per heavy atom. The maximum atomic E-state index is 4.51. The third-order valence-corrected chi connectivity index (χ3v) is 4.66. The molecular weight excluding hydrogens is 266 g/mol. The Bertz CT molecular complexity index is 702. The Morgan fingerprint density at radius 3 is 2.85 bits per heavy atom. The van der Waals surface area contributed by atoms with Gasteiger partial charge in [0.05, 0.1) is 5.69 Å². The Hall–Kier alpha value is -1.81. The van der Waals surface area contributed by atoms with Crippen molar-refractivity contribution < 1.29 is 0 Å². The summed E-state index contributed by atoms with van der Waals surface area (Å²) in [5.41, 5.74) is 4.52. The minimum Gasteiger partial charge on any atom is -0.306 e. The van der Waals surface area contributed by atoms with E-state index in [4.69, 9.17) is 0 Å². The molecule has 0 aromatic carbocycles. The van der Waals surface area contributed by atoms with E-state index in [0.29, 0.717) is 5.25 Å². The van der Waals surface area contributed by atoms with E-state index in [9.17, 15) is 0 Å². The molecule has 102 valence electrons. The second kappa shape index (κ2) is 5.67. The van der Waals surface area contributed by atoms with Gasteiger partial charge in [-0.05, 0) is 36.4 Å². The summed E-state index contributed by atoms with van der Waals surface area (Å²) in [6.45, 7) is 2.22. The molecule has 3 aromatic rings. The zero-order chi connectivity index (χ0) is 13.9. The SMILES string of the molecule is CCC(SC)c1cc2nccn2cc1-c1ccccn1. The second-order valence-corrected chi connectivity index (χ2v) is 5.72. The van der Waals surface area contributed by atoms with E-state index in [1.807, 2.05) is 42.5 Å². The van der Waals surface area contributed by atoms with Crippen LogP contribution in [0.5, 0.6) is 0 Å². The number of rotatable bonds is 4. The van der Waals surface area contributed by atoms with E-state index >= 15 is 0 Å². The van der Waals surface area contributed by atoms with Crippen LogP contribution in [0, 0.1) is 0 Å². The van der Waals surface area contributed by atoms with Crippen LogP contribution in [-0.2, 0) is 0 Å². The van der Waals surface area contributed by atoms with Crippen LogP contribution in [0.2, 0.25) is 0 Å². The van der Waals surface area contributed by atoms with Crippen LogP contribution in [-0.4, -0.2) is 20.6 Å². The van der Waals surface area contributed by atoms with E-state index < -0.39 is 0 Å². The van der Waals surface area contributed by atoms with Gasteiger partial charge >= 0.3 is 0 Å². The largest absolute Gasteiger partial charge is 0.306 e. The molecule has 0 saturated heterocycles. The van der Waals surface area contributed by atoms with Gasteiger partial charge in [-0.1, -0.05) is 13.0 Å². The molecule has 1 atom stereocenters. The summed E-state index contributed by atoms with van der Waals surface area (Å²) in [4.78, 5) is 8.91. The van der Waals surface area contributed by atoms with E-state index in [0.717, 1.165) is 17.8 Å². The lowest BCUT2D eigenvalue weighted by Crippen LogP contribution is -1.99. The molecule has 3 aromatic heterocycles. The van der Waals surface area contributed by atoms with Gasteiger partial charge in [-0.15, -0.1) is 0 Å². The minimum absolute atomic E-state index is 0.466. The van der Waals surface area contributed by atoms with Crippen molar-refractivity contribution in [2.45, 2.75) is 18.6 Å². The first-order valence-electron chi connectivity index (χ1n) is 6.74. The van der Waals surface area contributed by atoms with Crippen molar-refractivity contribution in [1.29, 1.82) is 0 Å². The fraction of sp³-hybridized carbons (Fsp3) is 0.250. The fourth-order valence-corrected chi connectivity index (χ4v) is 3.27. The van der Waals surface area contributed by atoms with Crippen LogP contribution in [0.1, 0.15) is 24.2 Å². The summed E-state index contributed by atoms with van der Waals surface area (Å²) in [5.74, 6) is 0. The first kappa shape index (κ1) is 13.2. The molecule has 0 radical (unpaired) electrons. The molecule has 0 aliphatic heterocycles. The highest BCUT2D eigenvalue weighted by atomic mass is 32.2. The quantitative estimate of drug-likeness (QED) is 0.718. The number of nitrogens with zero attached hydrogens (tertiary/aromatic N) is 3. The minimum atomic E-state index is 0.466. The summed E-state index contributed by atoms with van der Waals surface area (Å²) in [5, 5.41) is 0.466. The number of hydrogen-bond donors (Lipinski definition) is 0. The van der Waals surface area contributed by atoms with Crippen LogP contribution in [0.4, 0.5) is 0 Å². The molecule has 4 heteroatoms. The number of fused-ring (bicyclic) bond motifs is 1. The molecule has 0 bridgehead atoms. The molecule has 0 amide bonds. The van der Waals surface area contributed by atoms with Gasteiger partial charge in [0.2, 0.25) is 0 Å². The Kier molecular flexibility index (Phi) is 3.74. The lowest BCUT2D eigenvalue weighted by atomic mass is 10.0. The molecule has 0 fully saturated rings. The fourth-order valence-electron chi connectivity index (χ4n) is 2.49. The van der Waals surface area contributed by atoms with Gasteiger partial charge in [0.25, 0.3) is 0 Å². The maximum Gasteiger partial charge on any atom is 0.136 e. The molecule has 3 rings (SSSR count). The van der Waals surface area contributed by atoms with Crippen LogP contribution in [0.25, 0.3) is 16.9 Å². The van der Waals surface area contributed by atoms with Crippen molar-refractivity contribution in [2.75, 3.05) is 6.26 Å². The van der Waals surface area contributed by atoms with E-state index in [1.54, 1.807) is 0 Å². The van der Waals surface area contributed by atoms with Crippen molar-refractivity contribution in [2.24, 2.45) is 0 Å². The summed E-state index contributed by atoms with van der Waals surface area (Å²) >= 11 is 1.88. The van der Waals surface area contributed by atoms with Gasteiger partial charge in [0.15, 0.2) is 0 Å². The highest BCUT2D eigenvalue weighted by Gasteiger charge is 2.16. The molecule has 0 aliphatic rings. The molecule has 0 N–H and O–H groups in total. The van der Waals surface area contributed by atoms with Gasteiger partial charge in [-0.3, -0.25) is 4.98 Å². The van der Waals surface area contributed by atoms with Gasteiger partial charge in [-0.2, -0.15) is 11.8 Å². The average Bonchev–Trinajstić information content (AvgIpc) is 2.96. The standard InChI is InChI=1S/C16H17N3S/c1-3-15(20-2)12-10-16-18-8-9-19(16)11-13(12)14-6-4-5-7-17-14/h4-11,15H,3H2,1-2H3. The zero-order valence-electron chi connectivity index (χ0n) is 11.7. The highest BCUT2D eigenvalue weighted by Crippen LogP contribution is 2.36. The number of pyridine rings is 2. The van der Waals surface area contributed by atoms with Gasteiger partial charge in [0, 0.05) is 35.6 Å². The molecule has 3 heterocycles. The Balaban J connectivity index is 2.24. The van der Waals surface area contributed by atoms with Crippen molar-refractivity contribution in [3.05, 3.63) is 54.6 Å². The van der Waals surface area contributed by atoms with E-state index in [2.05, 4.69) is 45.9 Å². The van der Waals surface area contributed by atoms with Crippen molar-refractivity contribution >= 4 is 17.4 Å². The lowest BCUT2D eigenvalue weighted by molar-refractivity contribution is 0.895. The predicted molar refractivity (Wildman–Crippen MR) is 85.0 cm³/mol. The van der Waals surface area contributed by atoms with Crippen molar-refractivity contribution in [3.63, 3.8) is 0 Å². The smallest absolute Gasteiger partial charge is 0.136 e. The molecule has 3 nitrogen and oxygen atoms in total. The maximum absolute atomic E-state index is 4.51. The average molecular weight is 283 g/mol. The monoisotopic (exact) mass is 283 g/mol. The third-order valence-electron chi connectivity index (χ3n) is 3.51. The molecule has 0 spiro atoms. The summed E-state index contributed by atoms with van der Waals surface area (Å²) in [6.07, 6.45) is 11.0. The molecule has 0 aliphatic carbocycles. The molecular formula is C16H17N3S. The topological polar surface area (TPSA) is 30.2 Å². The molecule has 0 saturated carbocycles. The first-order valence-corrected chi connectivity index (χ1v) is 8.03. The third kappa shape index (κ3) is 2.31. The van der Waals surface area contributed by atoms with E-state index in [1.165, 1.54) is 11.1 Å². The summed E-state index contributed by atoms with van der Waals surface area (Å²) < 4.78 is 2.06. The van der Waals surface area contributed by atoms with Crippen LogP contribution < -0.4 is 0 Å². The summed E-state index contributed by atoms with van der Waals surface area (Å²) in [7, 11) is 0. The van der Waals surface area contributed by atoms with Crippen LogP contribution in [0.15, 0.2) is 49.1 Å². The molecule has 1 unspecified atom stereocenters. The molecule has 20 heavy (non-hydrogen) atoms. The Labute approximate surface area is 123 Å². The second-order valence-electron chi connectivity index (χ2n) is 4.68. The van der Waals surface area contributed by atoms with Crippen LogP contribution >= 0.6 is 11.8 Å². The van der Waals surface area contributed by atoms with Gasteiger partial charge in [0.1, 0.15) is 5.65 Å². The highest BCUT2D eigenvalue weighted by molar-refractivity contribution is 7.98. The van der Waals surface area contributed by atoms with Crippen molar-refractivity contribution in [1.82, 2.24) is 14.4 Å². The number of thioether (sulfide) groups is 1. The van der Waals surface area contributed by atoms with E-state index in [-0.39, 0.29) is 0 Å². The van der Waals surface area contributed by atoms with Crippen LogP contribution in [0.3, 0.4) is 0 Å².